The molecule has 0 unspecified atom stereocenters. The minimum Gasteiger partial charge on any atom is -0.497 e. The number of hydrogen-bond acceptors (Lipinski definition) is 4. The summed E-state index contributed by atoms with van der Waals surface area (Å²) in [6, 6.07) is 14.1. The highest BCUT2D eigenvalue weighted by Crippen LogP contribution is 2.38. The smallest absolute Gasteiger partial charge is 0.290 e. The largest absolute Gasteiger partial charge is 0.497 e. The number of hydrogen-bond donors (Lipinski definition) is 1. The number of nitrogens with one attached hydrogen (secondary N) is 1. The highest BCUT2D eigenvalue weighted by molar-refractivity contribution is 5.99. The Bertz CT molecular complexity index is 1120. The van der Waals surface area contributed by atoms with Crippen molar-refractivity contribution in [3.63, 3.8) is 0 Å². The van der Waals surface area contributed by atoms with Gasteiger partial charge in [0.2, 0.25) is 5.76 Å². The van der Waals surface area contributed by atoms with Crippen molar-refractivity contribution in [2.75, 3.05) is 34.3 Å². The van der Waals surface area contributed by atoms with Crippen LogP contribution in [0.1, 0.15) is 34.1 Å². The van der Waals surface area contributed by atoms with E-state index < -0.39 is 6.04 Å². The van der Waals surface area contributed by atoms with E-state index in [1.807, 2.05) is 24.3 Å². The molecule has 2 aromatic carbocycles. The van der Waals surface area contributed by atoms with Gasteiger partial charge < -0.3 is 19.0 Å². The lowest BCUT2D eigenvalue weighted by molar-refractivity contribution is -0.858. The second-order valence-electron chi connectivity index (χ2n) is 7.66. The lowest BCUT2D eigenvalue weighted by atomic mass is 9.98. The lowest BCUT2D eigenvalue weighted by Crippen LogP contribution is -3.05. The average Bonchev–Trinajstić information content (AvgIpc) is 3.00. The molecule has 0 radical (unpaired) electrons. The molecule has 1 atom stereocenters. The van der Waals surface area contributed by atoms with Crippen molar-refractivity contribution in [2.45, 2.75) is 12.5 Å². The van der Waals surface area contributed by atoms with Crippen molar-refractivity contribution in [3.05, 3.63) is 75.6 Å². The molecule has 1 aliphatic heterocycles. The maximum absolute atomic E-state index is 13.4. The highest BCUT2D eigenvalue weighted by Gasteiger charge is 2.42. The molecular weight excluding hydrogens is 368 g/mol. The normalized spacial score (nSPS) is 15.9. The van der Waals surface area contributed by atoms with Crippen LogP contribution in [0.3, 0.4) is 0 Å². The van der Waals surface area contributed by atoms with Crippen LogP contribution in [0.5, 0.6) is 5.75 Å². The Morgan fingerprint density at radius 3 is 2.66 bits per heavy atom. The average molecular weight is 393 g/mol. The van der Waals surface area contributed by atoms with Crippen LogP contribution < -0.4 is 15.1 Å². The van der Waals surface area contributed by atoms with Gasteiger partial charge in [0.05, 0.1) is 44.7 Å². The molecule has 29 heavy (non-hydrogen) atoms. The Labute approximate surface area is 169 Å². The van der Waals surface area contributed by atoms with Crippen LogP contribution in [0.4, 0.5) is 0 Å². The van der Waals surface area contributed by atoms with Crippen LogP contribution >= 0.6 is 0 Å². The summed E-state index contributed by atoms with van der Waals surface area (Å²) in [7, 11) is 5.77. The van der Waals surface area contributed by atoms with Crippen molar-refractivity contribution in [2.24, 2.45) is 0 Å². The third kappa shape index (κ3) is 3.40. The van der Waals surface area contributed by atoms with Gasteiger partial charge in [-0.2, -0.15) is 0 Å². The summed E-state index contributed by atoms with van der Waals surface area (Å²) in [5.74, 6) is 0.606. The Morgan fingerprint density at radius 2 is 1.90 bits per heavy atom. The molecule has 0 bridgehead atoms. The topological polar surface area (TPSA) is 64.2 Å². The number of nitrogens with zero attached hydrogens (tertiary/aromatic N) is 1. The summed E-state index contributed by atoms with van der Waals surface area (Å²) < 4.78 is 11.3. The molecular formula is C23H25N2O4+. The van der Waals surface area contributed by atoms with Crippen LogP contribution in [0.25, 0.3) is 11.0 Å². The number of carbonyl (C=O) groups is 1. The number of carbonyl (C=O) groups excluding carboxylic acids is 1. The van der Waals surface area contributed by atoms with Crippen molar-refractivity contribution in [1.82, 2.24) is 4.90 Å². The molecule has 1 aromatic heterocycles. The number of benzene rings is 2. The van der Waals surface area contributed by atoms with Crippen LogP contribution in [0.15, 0.2) is 57.7 Å². The van der Waals surface area contributed by atoms with Crippen LogP contribution in [-0.4, -0.2) is 45.1 Å². The summed E-state index contributed by atoms with van der Waals surface area (Å²) in [5, 5.41) is 0.492. The number of rotatable bonds is 6. The zero-order valence-electron chi connectivity index (χ0n) is 16.9. The Morgan fingerprint density at radius 1 is 1.10 bits per heavy atom. The predicted molar refractivity (Wildman–Crippen MR) is 111 cm³/mol. The summed E-state index contributed by atoms with van der Waals surface area (Å²) in [6.07, 6.45) is 0.830. The monoisotopic (exact) mass is 393 g/mol. The summed E-state index contributed by atoms with van der Waals surface area (Å²) in [6.45, 7) is 1.47. The number of ether oxygens (including phenoxy) is 1. The predicted octanol–water partition coefficient (Wildman–Crippen LogP) is 1.88. The van der Waals surface area contributed by atoms with Crippen molar-refractivity contribution in [1.29, 1.82) is 0 Å². The van der Waals surface area contributed by atoms with Gasteiger partial charge in [-0.25, -0.2) is 0 Å². The van der Waals surface area contributed by atoms with Gasteiger partial charge in [0.1, 0.15) is 11.3 Å². The molecule has 1 N–H and O–H groups in total. The van der Waals surface area contributed by atoms with Crippen LogP contribution in [0.2, 0.25) is 0 Å². The number of methoxy groups -OCH3 is 1. The second-order valence-corrected chi connectivity index (χ2v) is 7.66. The van der Waals surface area contributed by atoms with Gasteiger partial charge in [-0.15, -0.1) is 0 Å². The number of fused-ring (bicyclic) bond motifs is 2. The zero-order valence-corrected chi connectivity index (χ0v) is 16.9. The molecule has 0 aliphatic carbocycles. The first-order chi connectivity index (χ1) is 14.0. The summed E-state index contributed by atoms with van der Waals surface area (Å²) in [5.41, 5.74) is 1.55. The first-order valence-corrected chi connectivity index (χ1v) is 9.81. The van der Waals surface area contributed by atoms with Crippen molar-refractivity contribution in [3.8, 4) is 5.75 Å². The second kappa shape index (κ2) is 7.72. The molecule has 6 nitrogen and oxygen atoms in total. The maximum Gasteiger partial charge on any atom is 0.290 e. The summed E-state index contributed by atoms with van der Waals surface area (Å²) >= 11 is 0. The van der Waals surface area contributed by atoms with E-state index >= 15 is 0 Å². The van der Waals surface area contributed by atoms with Gasteiger partial charge in [-0.1, -0.05) is 24.3 Å². The van der Waals surface area contributed by atoms with Gasteiger partial charge in [0.25, 0.3) is 5.91 Å². The van der Waals surface area contributed by atoms with E-state index in [0.717, 1.165) is 18.5 Å². The Balaban J connectivity index is 1.87. The minimum atomic E-state index is -0.481. The fourth-order valence-electron chi connectivity index (χ4n) is 3.96. The number of amides is 1. The van der Waals surface area contributed by atoms with Gasteiger partial charge in [-0.3, -0.25) is 9.59 Å². The first-order valence-electron chi connectivity index (χ1n) is 9.81. The third-order valence-electron chi connectivity index (χ3n) is 5.36. The molecule has 1 amide bonds. The summed E-state index contributed by atoms with van der Waals surface area (Å²) in [4.78, 5) is 29.7. The Hall–Kier alpha value is -3.12. The van der Waals surface area contributed by atoms with E-state index in [2.05, 4.69) is 14.1 Å². The van der Waals surface area contributed by atoms with E-state index in [-0.39, 0.29) is 17.1 Å². The fourth-order valence-corrected chi connectivity index (χ4v) is 3.96. The molecule has 6 heteroatoms. The Kier molecular flexibility index (Phi) is 5.11. The molecule has 4 rings (SSSR count). The van der Waals surface area contributed by atoms with E-state index in [9.17, 15) is 9.59 Å². The minimum absolute atomic E-state index is 0.149. The van der Waals surface area contributed by atoms with Crippen LogP contribution in [-0.2, 0) is 0 Å². The zero-order chi connectivity index (χ0) is 20.5. The van der Waals surface area contributed by atoms with Gasteiger partial charge in [0.15, 0.2) is 5.43 Å². The van der Waals surface area contributed by atoms with E-state index in [1.54, 1.807) is 36.3 Å². The number of para-hydroxylation sites is 1. The van der Waals surface area contributed by atoms with Crippen molar-refractivity contribution >= 4 is 16.9 Å². The quantitative estimate of drug-likeness (QED) is 0.695. The van der Waals surface area contributed by atoms with Crippen molar-refractivity contribution < 1.29 is 18.8 Å². The fraction of sp³-hybridized carbons (Fsp3) is 0.304. The molecule has 3 aromatic rings. The maximum atomic E-state index is 13.4. The van der Waals surface area contributed by atoms with E-state index in [0.29, 0.717) is 28.8 Å². The lowest BCUT2D eigenvalue weighted by Gasteiger charge is -2.25. The highest BCUT2D eigenvalue weighted by atomic mass is 16.5. The molecule has 0 saturated heterocycles. The molecule has 2 heterocycles. The van der Waals surface area contributed by atoms with Gasteiger partial charge >= 0.3 is 0 Å². The molecule has 0 spiro atoms. The van der Waals surface area contributed by atoms with E-state index in [1.165, 1.54) is 4.90 Å². The third-order valence-corrected chi connectivity index (χ3v) is 5.36. The molecule has 0 saturated carbocycles. The standard InChI is InChI=1S/C23H24N2O4/c1-24(2)12-7-13-25-20(15-8-6-9-16(14-15)28-3)19-21(26)17-10-4-5-11-18(17)29-22(19)23(25)27/h4-6,8-11,14,20H,7,12-13H2,1-3H3/p+1/t20-/m1/s1. The van der Waals surface area contributed by atoms with Crippen LogP contribution in [0, 0.1) is 0 Å². The number of quaternary nitrogens is 1. The van der Waals surface area contributed by atoms with Gasteiger partial charge in [-0.05, 0) is 29.8 Å². The van der Waals surface area contributed by atoms with E-state index in [4.69, 9.17) is 9.15 Å². The van der Waals surface area contributed by atoms with Gasteiger partial charge in [0, 0.05) is 13.0 Å². The molecule has 150 valence electrons. The first kappa shape index (κ1) is 19.2. The molecule has 0 fully saturated rings. The molecule has 1 aliphatic rings. The SMILES string of the molecule is COc1cccc([C@@H]2c3c(oc4ccccc4c3=O)C(=O)N2CCC[NH+](C)C)c1.